The van der Waals surface area contributed by atoms with Crippen LogP contribution in [0.15, 0.2) is 24.4 Å². The summed E-state index contributed by atoms with van der Waals surface area (Å²) in [7, 11) is 0. The quantitative estimate of drug-likeness (QED) is 0.403. The van der Waals surface area contributed by atoms with Crippen molar-refractivity contribution < 1.29 is 14.3 Å². The maximum Gasteiger partial charge on any atom is 0.308 e. The molecule has 6 atom stereocenters. The summed E-state index contributed by atoms with van der Waals surface area (Å²) in [5.74, 6) is 1.59. The normalized spacial score (nSPS) is 31.1. The number of fused-ring (bicyclic) bond motifs is 4. The number of carboxylic acid groups (broad SMARTS) is 1. The lowest BCUT2D eigenvalue weighted by atomic mass is 9.61. The number of anilines is 1. The van der Waals surface area contributed by atoms with Crippen LogP contribution in [-0.2, 0) is 4.79 Å². The topological polar surface area (TPSA) is 121 Å². The van der Waals surface area contributed by atoms with E-state index < -0.39 is 17.7 Å². The van der Waals surface area contributed by atoms with Crippen molar-refractivity contribution >= 4 is 28.3 Å². The van der Waals surface area contributed by atoms with Gasteiger partial charge in [-0.1, -0.05) is 0 Å². The maximum atomic E-state index is 14.0. The Morgan fingerprint density at radius 3 is 2.80 bits per heavy atom. The Morgan fingerprint density at radius 2 is 1.97 bits per heavy atom. The molecule has 35 heavy (non-hydrogen) atoms. The zero-order valence-corrected chi connectivity index (χ0v) is 18.9. The van der Waals surface area contributed by atoms with E-state index in [2.05, 4.69) is 26.6 Å². The molecule has 3 N–H and O–H groups in total. The average Bonchev–Trinajstić information content (AvgIpc) is 3.77. The van der Waals surface area contributed by atoms with Gasteiger partial charge < -0.3 is 10.4 Å². The highest BCUT2D eigenvalue weighted by Crippen LogP contribution is 2.64. The number of carbonyl (C=O) groups is 1. The molecule has 0 spiro atoms. The minimum atomic E-state index is -0.721. The van der Waals surface area contributed by atoms with Crippen LogP contribution < -0.4 is 5.32 Å². The second-order valence-electron chi connectivity index (χ2n) is 10.7. The van der Waals surface area contributed by atoms with Crippen LogP contribution in [-0.4, -0.2) is 46.9 Å². The molecule has 2 bridgehead atoms. The first-order chi connectivity index (χ1) is 17.1. The molecular formula is C25H24FN7O2. The van der Waals surface area contributed by atoms with Gasteiger partial charge in [-0.2, -0.15) is 5.10 Å². The van der Waals surface area contributed by atoms with Crippen LogP contribution in [0.1, 0.15) is 43.7 Å². The zero-order valence-electron chi connectivity index (χ0n) is 18.9. The van der Waals surface area contributed by atoms with E-state index in [4.69, 9.17) is 10.1 Å². The van der Waals surface area contributed by atoms with E-state index in [0.717, 1.165) is 49.5 Å². The molecule has 0 aromatic carbocycles. The van der Waals surface area contributed by atoms with E-state index in [-0.39, 0.29) is 12.0 Å². The Balaban J connectivity index is 1.28. The molecule has 5 aliphatic rings. The summed E-state index contributed by atoms with van der Waals surface area (Å²) < 4.78 is 15.9. The average molecular weight is 474 g/mol. The van der Waals surface area contributed by atoms with Gasteiger partial charge in [-0.25, -0.2) is 18.9 Å². The predicted molar refractivity (Wildman–Crippen MR) is 124 cm³/mol. The number of hydrogen-bond acceptors (Lipinski definition) is 6. The zero-order chi connectivity index (χ0) is 23.4. The highest BCUT2D eigenvalue weighted by atomic mass is 19.1. The third-order valence-electron chi connectivity index (χ3n) is 8.85. The van der Waals surface area contributed by atoms with E-state index in [1.54, 1.807) is 0 Å². The van der Waals surface area contributed by atoms with E-state index in [0.29, 0.717) is 52.0 Å². The largest absolute Gasteiger partial charge is 0.481 e. The van der Waals surface area contributed by atoms with Crippen molar-refractivity contribution in [2.45, 2.75) is 44.1 Å². The highest BCUT2D eigenvalue weighted by Gasteiger charge is 2.63. The van der Waals surface area contributed by atoms with Gasteiger partial charge in [-0.05, 0) is 74.0 Å². The van der Waals surface area contributed by atoms with Crippen molar-refractivity contribution in [2.24, 2.45) is 29.6 Å². The number of aliphatic carboxylic acids is 1. The van der Waals surface area contributed by atoms with Crippen LogP contribution in [0.3, 0.4) is 0 Å². The Labute approximate surface area is 199 Å². The first kappa shape index (κ1) is 19.7. The van der Waals surface area contributed by atoms with Crippen LogP contribution in [0.5, 0.6) is 0 Å². The number of nitrogens with one attached hydrogen (secondary N) is 2. The van der Waals surface area contributed by atoms with Crippen LogP contribution in [0.25, 0.3) is 28.1 Å². The Hall–Kier alpha value is -3.56. The molecule has 0 aliphatic heterocycles. The second kappa shape index (κ2) is 6.77. The molecule has 9 rings (SSSR count). The molecule has 178 valence electrons. The molecule has 5 saturated carbocycles. The summed E-state index contributed by atoms with van der Waals surface area (Å²) in [6.45, 7) is 0. The SMILES string of the molecule is O=C(O)[C@@H]1[C@@H](Nc2nc(-c3n[nH]c4ncc(F)cc34)nn3c(C4CC4)ccc23)[C@@H]2CC[C@H]1C1CC12. The van der Waals surface area contributed by atoms with E-state index in [9.17, 15) is 14.3 Å². The van der Waals surface area contributed by atoms with Gasteiger partial charge in [0.2, 0.25) is 5.82 Å². The molecular weight excluding hydrogens is 449 g/mol. The summed E-state index contributed by atoms with van der Waals surface area (Å²) in [5.41, 5.74) is 2.83. The number of aromatic amines is 1. The number of halogens is 1. The van der Waals surface area contributed by atoms with Gasteiger partial charge in [0.05, 0.1) is 17.5 Å². The fourth-order valence-corrected chi connectivity index (χ4v) is 7.11. The third kappa shape index (κ3) is 2.82. The molecule has 0 amide bonds. The molecule has 5 fully saturated rings. The Kier molecular flexibility index (Phi) is 3.81. The molecule has 2 unspecified atom stereocenters. The lowest BCUT2D eigenvalue weighted by Gasteiger charge is -2.46. The van der Waals surface area contributed by atoms with Crippen molar-refractivity contribution in [2.75, 3.05) is 5.32 Å². The van der Waals surface area contributed by atoms with Crippen molar-refractivity contribution in [3.8, 4) is 11.5 Å². The number of nitrogens with zero attached hydrogens (tertiary/aromatic N) is 5. The van der Waals surface area contributed by atoms with Gasteiger partial charge in [0.25, 0.3) is 0 Å². The molecule has 9 nitrogen and oxygen atoms in total. The molecule has 5 aliphatic carbocycles. The first-order valence-electron chi connectivity index (χ1n) is 12.5. The monoisotopic (exact) mass is 473 g/mol. The van der Waals surface area contributed by atoms with Crippen molar-refractivity contribution in [1.29, 1.82) is 0 Å². The summed E-state index contributed by atoms with van der Waals surface area (Å²) in [6.07, 6.45) is 6.59. The fraction of sp³-hybridized carbons (Fsp3) is 0.480. The standard InChI is InChI=1S/C25H24FN7O2/c26-11-7-16-21(30-31-22(16)27-9-11)24-29-23(18-6-5-17(10-1-2-10)33(18)32-24)28-20-13-4-3-12(14-8-15(13)14)19(20)25(34)35/h5-7,9-10,12-15,19-20H,1-4,8H2,(H,34,35)(H,27,30,31)(H,28,29,32)/t12-,13+,14?,15?,19-,20-/m0/s1. The van der Waals surface area contributed by atoms with Crippen LogP contribution >= 0.6 is 0 Å². The molecule has 4 heterocycles. The van der Waals surface area contributed by atoms with E-state index in [1.807, 2.05) is 10.6 Å². The lowest BCUT2D eigenvalue weighted by Crippen LogP contribution is -2.52. The summed E-state index contributed by atoms with van der Waals surface area (Å²) in [5, 5.41) is 26.3. The lowest BCUT2D eigenvalue weighted by molar-refractivity contribution is -0.148. The van der Waals surface area contributed by atoms with Gasteiger partial charge in [0.1, 0.15) is 17.0 Å². The van der Waals surface area contributed by atoms with E-state index >= 15 is 0 Å². The van der Waals surface area contributed by atoms with Crippen LogP contribution in [0, 0.1) is 35.4 Å². The first-order valence-corrected chi connectivity index (χ1v) is 12.5. The molecule has 0 radical (unpaired) electrons. The van der Waals surface area contributed by atoms with E-state index in [1.165, 1.54) is 6.07 Å². The number of carboxylic acids is 1. The number of aromatic nitrogens is 6. The van der Waals surface area contributed by atoms with Gasteiger partial charge in [-0.3, -0.25) is 9.89 Å². The third-order valence-corrected chi connectivity index (χ3v) is 8.85. The Morgan fingerprint density at radius 1 is 1.14 bits per heavy atom. The van der Waals surface area contributed by atoms with Gasteiger partial charge in [0, 0.05) is 17.7 Å². The minimum Gasteiger partial charge on any atom is -0.481 e. The maximum absolute atomic E-state index is 14.0. The summed E-state index contributed by atoms with van der Waals surface area (Å²) >= 11 is 0. The molecule has 0 saturated heterocycles. The van der Waals surface area contributed by atoms with Crippen LogP contribution in [0.2, 0.25) is 0 Å². The minimum absolute atomic E-state index is 0.170. The number of pyridine rings is 1. The number of hydrogen-bond donors (Lipinski definition) is 3. The molecule has 10 heteroatoms. The smallest absolute Gasteiger partial charge is 0.308 e. The number of rotatable bonds is 5. The van der Waals surface area contributed by atoms with Crippen molar-refractivity contribution in [3.63, 3.8) is 0 Å². The van der Waals surface area contributed by atoms with Gasteiger partial charge in [0.15, 0.2) is 11.5 Å². The highest BCUT2D eigenvalue weighted by molar-refractivity contribution is 5.89. The van der Waals surface area contributed by atoms with Crippen molar-refractivity contribution in [1.82, 2.24) is 29.8 Å². The predicted octanol–water partition coefficient (Wildman–Crippen LogP) is 3.84. The molecule has 4 aromatic heterocycles. The number of H-pyrrole nitrogens is 1. The summed E-state index contributed by atoms with van der Waals surface area (Å²) in [4.78, 5) is 21.3. The summed E-state index contributed by atoms with van der Waals surface area (Å²) in [6, 6.07) is 5.31. The van der Waals surface area contributed by atoms with Gasteiger partial charge in [-0.15, -0.1) is 5.10 Å². The Bertz CT molecular complexity index is 1530. The van der Waals surface area contributed by atoms with Crippen LogP contribution in [0.4, 0.5) is 10.2 Å². The molecule has 4 aromatic rings. The van der Waals surface area contributed by atoms with Crippen molar-refractivity contribution in [3.05, 3.63) is 35.9 Å². The fourth-order valence-electron chi connectivity index (χ4n) is 7.11. The van der Waals surface area contributed by atoms with Gasteiger partial charge >= 0.3 is 5.97 Å². The second-order valence-corrected chi connectivity index (χ2v) is 10.7.